The van der Waals surface area contributed by atoms with Crippen LogP contribution in [0.2, 0.25) is 0 Å². The first-order valence-electron chi connectivity index (χ1n) is 8.98. The highest BCUT2D eigenvalue weighted by Gasteiger charge is 2.20. The zero-order valence-corrected chi connectivity index (χ0v) is 15.2. The Morgan fingerprint density at radius 3 is 2.44 bits per heavy atom. The number of carbonyl (C=O) groups excluding carboxylic acids is 1. The number of hydrogen-bond acceptors (Lipinski definition) is 2. The van der Waals surface area contributed by atoms with Gasteiger partial charge in [0.1, 0.15) is 0 Å². The number of carbonyl (C=O) groups is 1. The number of nitrogens with zero attached hydrogens (tertiary/aromatic N) is 2. The minimum atomic E-state index is -0.0194. The van der Waals surface area contributed by atoms with Gasteiger partial charge in [0.25, 0.3) is 5.91 Å². The number of hydrogen-bond donors (Lipinski definition) is 0. The summed E-state index contributed by atoms with van der Waals surface area (Å²) in [5.74, 6) is -0.0194. The number of rotatable bonds is 4. The van der Waals surface area contributed by atoms with Gasteiger partial charge < -0.3 is 4.90 Å². The first kappa shape index (κ1) is 17.0. The number of fused-ring (bicyclic) bond motifs is 1. The van der Waals surface area contributed by atoms with Crippen molar-refractivity contribution in [2.75, 3.05) is 4.90 Å². The van der Waals surface area contributed by atoms with E-state index < -0.39 is 0 Å². The molecule has 0 aliphatic rings. The van der Waals surface area contributed by atoms with Crippen LogP contribution in [0.5, 0.6) is 0 Å². The Morgan fingerprint density at radius 2 is 1.63 bits per heavy atom. The van der Waals surface area contributed by atoms with E-state index in [1.165, 1.54) is 10.8 Å². The Hall–Kier alpha value is -3.46. The van der Waals surface area contributed by atoms with Crippen LogP contribution >= 0.6 is 0 Å². The van der Waals surface area contributed by atoms with Gasteiger partial charge in [-0.2, -0.15) is 0 Å². The van der Waals surface area contributed by atoms with E-state index >= 15 is 0 Å². The van der Waals surface area contributed by atoms with Gasteiger partial charge in [-0.15, -0.1) is 0 Å². The maximum atomic E-state index is 13.4. The highest BCUT2D eigenvalue weighted by Crippen LogP contribution is 2.25. The van der Waals surface area contributed by atoms with Crippen molar-refractivity contribution in [2.45, 2.75) is 13.5 Å². The number of anilines is 1. The predicted molar refractivity (Wildman–Crippen MR) is 110 cm³/mol. The molecule has 4 rings (SSSR count). The van der Waals surface area contributed by atoms with Crippen molar-refractivity contribution in [1.82, 2.24) is 4.98 Å². The van der Waals surface area contributed by atoms with E-state index in [1.54, 1.807) is 18.5 Å². The van der Waals surface area contributed by atoms with Crippen LogP contribution in [0.25, 0.3) is 10.8 Å². The van der Waals surface area contributed by atoms with E-state index in [4.69, 9.17) is 0 Å². The lowest BCUT2D eigenvalue weighted by atomic mass is 10.0. The summed E-state index contributed by atoms with van der Waals surface area (Å²) < 4.78 is 0. The lowest BCUT2D eigenvalue weighted by molar-refractivity contribution is 0.0984. The van der Waals surface area contributed by atoms with Crippen LogP contribution in [0.4, 0.5) is 5.69 Å². The maximum absolute atomic E-state index is 13.4. The summed E-state index contributed by atoms with van der Waals surface area (Å²) in [4.78, 5) is 19.4. The largest absolute Gasteiger partial charge is 0.304 e. The monoisotopic (exact) mass is 352 g/mol. The summed E-state index contributed by atoms with van der Waals surface area (Å²) in [6.07, 6.45) is 3.40. The molecule has 0 aliphatic heterocycles. The first-order chi connectivity index (χ1) is 13.2. The molecule has 0 spiro atoms. The molecule has 0 N–H and O–H groups in total. The molecule has 0 atom stereocenters. The zero-order chi connectivity index (χ0) is 18.6. The molecule has 3 nitrogen and oxygen atoms in total. The van der Waals surface area contributed by atoms with Gasteiger partial charge in [0.15, 0.2) is 0 Å². The van der Waals surface area contributed by atoms with Crippen LogP contribution in [-0.4, -0.2) is 10.9 Å². The maximum Gasteiger partial charge on any atom is 0.258 e. The van der Waals surface area contributed by atoms with Crippen LogP contribution in [0, 0.1) is 6.92 Å². The summed E-state index contributed by atoms with van der Waals surface area (Å²) in [5, 5.41) is 2.34. The molecule has 0 radical (unpaired) electrons. The van der Waals surface area contributed by atoms with E-state index in [0.717, 1.165) is 16.8 Å². The quantitative estimate of drug-likeness (QED) is 0.493. The fraction of sp³-hybridized carbons (Fsp3) is 0.0833. The average Bonchev–Trinajstić information content (AvgIpc) is 2.72. The molecule has 0 saturated heterocycles. The molecule has 3 heteroatoms. The van der Waals surface area contributed by atoms with E-state index in [0.29, 0.717) is 12.1 Å². The van der Waals surface area contributed by atoms with Gasteiger partial charge in [-0.05, 0) is 47.0 Å². The Labute approximate surface area is 158 Å². The SMILES string of the molecule is Cc1cnccc1C(=O)N(Cc1cccc2ccccc12)c1ccccc1. The molecular formula is C24H20N2O. The van der Waals surface area contributed by atoms with Gasteiger partial charge in [0, 0.05) is 23.6 Å². The number of para-hydroxylation sites is 1. The summed E-state index contributed by atoms with van der Waals surface area (Å²) in [5.41, 5.74) is 3.55. The van der Waals surface area contributed by atoms with Crippen LogP contribution in [-0.2, 0) is 6.54 Å². The summed E-state index contributed by atoms with van der Waals surface area (Å²) in [6, 6.07) is 26.1. The summed E-state index contributed by atoms with van der Waals surface area (Å²) in [6.45, 7) is 2.42. The Bertz CT molecular complexity index is 1080. The second-order valence-corrected chi connectivity index (χ2v) is 6.56. The number of aryl methyl sites for hydroxylation is 1. The third-order valence-electron chi connectivity index (χ3n) is 4.77. The molecule has 132 valence electrons. The van der Waals surface area contributed by atoms with E-state index in [-0.39, 0.29) is 5.91 Å². The van der Waals surface area contributed by atoms with Gasteiger partial charge >= 0.3 is 0 Å². The molecule has 3 aromatic carbocycles. The second-order valence-electron chi connectivity index (χ2n) is 6.56. The molecule has 0 unspecified atom stereocenters. The third kappa shape index (κ3) is 3.44. The normalized spacial score (nSPS) is 10.7. The number of amides is 1. The van der Waals surface area contributed by atoms with Gasteiger partial charge in [0.05, 0.1) is 6.54 Å². The van der Waals surface area contributed by atoms with Crippen molar-refractivity contribution < 1.29 is 4.79 Å². The summed E-state index contributed by atoms with van der Waals surface area (Å²) >= 11 is 0. The van der Waals surface area contributed by atoms with Crippen LogP contribution in [0.15, 0.2) is 91.3 Å². The highest BCUT2D eigenvalue weighted by atomic mass is 16.2. The fourth-order valence-corrected chi connectivity index (χ4v) is 3.35. The fourth-order valence-electron chi connectivity index (χ4n) is 3.35. The van der Waals surface area contributed by atoms with Crippen molar-refractivity contribution in [1.29, 1.82) is 0 Å². The van der Waals surface area contributed by atoms with Gasteiger partial charge in [-0.1, -0.05) is 60.7 Å². The van der Waals surface area contributed by atoms with E-state index in [1.807, 2.05) is 60.4 Å². The number of aromatic nitrogens is 1. The second kappa shape index (κ2) is 7.42. The van der Waals surface area contributed by atoms with Crippen molar-refractivity contribution in [3.63, 3.8) is 0 Å². The van der Waals surface area contributed by atoms with Crippen molar-refractivity contribution in [3.05, 3.63) is 108 Å². The van der Waals surface area contributed by atoms with Crippen LogP contribution in [0.1, 0.15) is 21.5 Å². The molecule has 4 aromatic rings. The first-order valence-corrected chi connectivity index (χ1v) is 8.98. The molecule has 0 saturated carbocycles. The molecule has 1 amide bonds. The van der Waals surface area contributed by atoms with E-state index in [2.05, 4.69) is 29.2 Å². The molecule has 0 aliphatic carbocycles. The Kier molecular flexibility index (Phi) is 4.67. The van der Waals surface area contributed by atoms with E-state index in [9.17, 15) is 4.79 Å². The molecule has 0 bridgehead atoms. The Morgan fingerprint density at radius 1 is 0.889 bits per heavy atom. The lowest BCUT2D eigenvalue weighted by Gasteiger charge is -2.24. The minimum Gasteiger partial charge on any atom is -0.304 e. The smallest absolute Gasteiger partial charge is 0.258 e. The molecule has 1 aromatic heterocycles. The summed E-state index contributed by atoms with van der Waals surface area (Å²) in [7, 11) is 0. The third-order valence-corrected chi connectivity index (χ3v) is 4.77. The highest BCUT2D eigenvalue weighted by molar-refractivity contribution is 6.07. The number of pyridine rings is 1. The van der Waals surface area contributed by atoms with Gasteiger partial charge in [0.2, 0.25) is 0 Å². The average molecular weight is 352 g/mol. The van der Waals surface area contributed by atoms with Gasteiger partial charge in [-0.25, -0.2) is 0 Å². The zero-order valence-electron chi connectivity index (χ0n) is 15.2. The van der Waals surface area contributed by atoms with Crippen LogP contribution in [0.3, 0.4) is 0 Å². The minimum absolute atomic E-state index is 0.0194. The molecule has 27 heavy (non-hydrogen) atoms. The molecular weight excluding hydrogens is 332 g/mol. The molecule has 0 fully saturated rings. The van der Waals surface area contributed by atoms with Crippen molar-refractivity contribution >= 4 is 22.4 Å². The van der Waals surface area contributed by atoms with Gasteiger partial charge in [-0.3, -0.25) is 9.78 Å². The predicted octanol–water partition coefficient (Wildman–Crippen LogP) is 5.39. The standard InChI is InChI=1S/C24H20N2O/c1-18-16-25-15-14-22(18)24(27)26(21-11-3-2-4-12-21)17-20-10-7-9-19-8-5-6-13-23(19)20/h2-16H,17H2,1H3. The van der Waals surface area contributed by atoms with Crippen LogP contribution < -0.4 is 4.90 Å². The Balaban J connectivity index is 1.79. The number of benzene rings is 3. The topological polar surface area (TPSA) is 33.2 Å². The molecule has 1 heterocycles. The van der Waals surface area contributed by atoms with Crippen molar-refractivity contribution in [3.8, 4) is 0 Å². The van der Waals surface area contributed by atoms with Crippen molar-refractivity contribution in [2.24, 2.45) is 0 Å². The lowest BCUT2D eigenvalue weighted by Crippen LogP contribution is -2.31.